The Balaban J connectivity index is 4.19. The van der Waals surface area contributed by atoms with Crippen molar-refractivity contribution in [2.75, 3.05) is 11.5 Å². The average Bonchev–Trinajstić information content (AvgIpc) is 2.95. The van der Waals surface area contributed by atoms with E-state index in [9.17, 15) is 14.7 Å². The number of rotatable bonds is 34. The molecule has 0 saturated heterocycles. The smallest absolute Gasteiger partial charge is 0.307 e. The maximum absolute atomic E-state index is 12.2. The molecule has 2 N–H and O–H groups in total. The fourth-order valence-electron chi connectivity index (χ4n) is 6.00. The number of thioether (sulfide) groups is 1. The molecule has 0 fully saturated rings. The van der Waals surface area contributed by atoms with Crippen LogP contribution in [0, 0.1) is 11.8 Å². The van der Waals surface area contributed by atoms with Crippen LogP contribution in [0.3, 0.4) is 0 Å². The summed E-state index contributed by atoms with van der Waals surface area (Å²) in [6, 6.07) is 0. The minimum absolute atomic E-state index is 0.110. The second-order valence-corrected chi connectivity index (χ2v) is 13.8. The monoisotopic (exact) mass is 598 g/mol. The number of aliphatic carboxylic acids is 2. The molecular formula is C36H70O4S. The summed E-state index contributed by atoms with van der Waals surface area (Å²) in [5.41, 5.74) is 0. The summed E-state index contributed by atoms with van der Waals surface area (Å²) in [7, 11) is 0. The summed E-state index contributed by atoms with van der Waals surface area (Å²) < 4.78 is 0. The van der Waals surface area contributed by atoms with E-state index in [2.05, 4.69) is 13.8 Å². The highest BCUT2D eigenvalue weighted by Gasteiger charge is 2.27. The van der Waals surface area contributed by atoms with E-state index >= 15 is 0 Å². The first-order chi connectivity index (χ1) is 20.0. The van der Waals surface area contributed by atoms with Crippen molar-refractivity contribution < 1.29 is 19.8 Å². The molecule has 0 bridgehead atoms. The summed E-state index contributed by atoms with van der Waals surface area (Å²) in [6.45, 7) is 4.54. The number of hydrogen-bond donors (Lipinski definition) is 2. The van der Waals surface area contributed by atoms with E-state index in [1.165, 1.54) is 159 Å². The zero-order valence-corrected chi connectivity index (χ0v) is 28.3. The Kier molecular flexibility index (Phi) is 31.7. The van der Waals surface area contributed by atoms with Gasteiger partial charge in [-0.05, 0) is 18.8 Å². The average molecular weight is 599 g/mol. The quantitative estimate of drug-likeness (QED) is 0.0721. The molecule has 5 heteroatoms. The third-order valence-electron chi connectivity index (χ3n) is 8.75. The third kappa shape index (κ3) is 29.2. The summed E-state index contributed by atoms with van der Waals surface area (Å²) in [4.78, 5) is 23.0. The van der Waals surface area contributed by atoms with Gasteiger partial charge >= 0.3 is 11.9 Å². The van der Waals surface area contributed by atoms with Gasteiger partial charge in [-0.3, -0.25) is 9.59 Å². The van der Waals surface area contributed by atoms with Crippen molar-refractivity contribution in [2.24, 2.45) is 11.8 Å². The van der Waals surface area contributed by atoms with Gasteiger partial charge in [0.15, 0.2) is 0 Å². The van der Waals surface area contributed by atoms with Gasteiger partial charge in [-0.2, -0.15) is 11.8 Å². The second-order valence-electron chi connectivity index (χ2n) is 12.6. The number of carboxylic acids is 2. The van der Waals surface area contributed by atoms with Crippen molar-refractivity contribution in [1.29, 1.82) is 0 Å². The van der Waals surface area contributed by atoms with Crippen LogP contribution in [0.1, 0.15) is 194 Å². The fourth-order valence-corrected chi connectivity index (χ4v) is 7.15. The van der Waals surface area contributed by atoms with E-state index in [4.69, 9.17) is 5.11 Å². The zero-order chi connectivity index (χ0) is 30.2. The summed E-state index contributed by atoms with van der Waals surface area (Å²) >= 11 is 1.51. The molecule has 2 unspecified atom stereocenters. The van der Waals surface area contributed by atoms with Crippen molar-refractivity contribution in [3.8, 4) is 0 Å². The van der Waals surface area contributed by atoms with E-state index in [-0.39, 0.29) is 18.3 Å². The Bertz CT molecular complexity index is 568. The molecule has 0 aromatic heterocycles. The van der Waals surface area contributed by atoms with Crippen LogP contribution in [0.25, 0.3) is 0 Å². The molecule has 0 spiro atoms. The van der Waals surface area contributed by atoms with Crippen LogP contribution in [-0.2, 0) is 9.59 Å². The highest BCUT2D eigenvalue weighted by molar-refractivity contribution is 7.99. The van der Waals surface area contributed by atoms with Crippen molar-refractivity contribution >= 4 is 23.7 Å². The first kappa shape index (κ1) is 40.3. The van der Waals surface area contributed by atoms with E-state index in [1.807, 2.05) is 0 Å². The van der Waals surface area contributed by atoms with Crippen LogP contribution in [0.4, 0.5) is 0 Å². The maximum Gasteiger partial charge on any atom is 0.307 e. The highest BCUT2D eigenvalue weighted by atomic mass is 32.2. The van der Waals surface area contributed by atoms with Gasteiger partial charge in [0.05, 0.1) is 12.3 Å². The molecule has 244 valence electrons. The van der Waals surface area contributed by atoms with Crippen molar-refractivity contribution in [1.82, 2.24) is 0 Å². The van der Waals surface area contributed by atoms with E-state index in [0.29, 0.717) is 11.5 Å². The molecule has 0 aromatic rings. The molecule has 0 radical (unpaired) electrons. The van der Waals surface area contributed by atoms with E-state index in [0.717, 1.165) is 25.7 Å². The lowest BCUT2D eigenvalue weighted by molar-refractivity contribution is -0.143. The Morgan fingerprint density at radius 2 is 0.829 bits per heavy atom. The lowest BCUT2D eigenvalue weighted by Crippen LogP contribution is -2.26. The minimum atomic E-state index is -0.802. The van der Waals surface area contributed by atoms with Crippen molar-refractivity contribution in [3.05, 3.63) is 0 Å². The molecule has 4 nitrogen and oxygen atoms in total. The number of unbranched alkanes of at least 4 members (excludes halogenated alkanes) is 23. The Hall–Kier alpha value is -0.710. The van der Waals surface area contributed by atoms with Gasteiger partial charge in [-0.25, -0.2) is 0 Å². The summed E-state index contributed by atoms with van der Waals surface area (Å²) in [5.74, 6) is -0.567. The first-order valence-electron chi connectivity index (χ1n) is 18.0. The van der Waals surface area contributed by atoms with Gasteiger partial charge in [0.25, 0.3) is 0 Å². The van der Waals surface area contributed by atoms with Crippen LogP contribution in [0.2, 0.25) is 0 Å². The molecule has 0 rings (SSSR count). The number of hydrogen-bond acceptors (Lipinski definition) is 3. The molecule has 0 aliphatic carbocycles. The van der Waals surface area contributed by atoms with Crippen LogP contribution in [0.5, 0.6) is 0 Å². The fraction of sp³-hybridized carbons (Fsp3) is 0.944. The molecule has 41 heavy (non-hydrogen) atoms. The lowest BCUT2D eigenvalue weighted by Gasteiger charge is -2.24. The van der Waals surface area contributed by atoms with Crippen LogP contribution >= 0.6 is 11.8 Å². The zero-order valence-electron chi connectivity index (χ0n) is 27.5. The minimum Gasteiger partial charge on any atom is -0.481 e. The van der Waals surface area contributed by atoms with E-state index < -0.39 is 11.9 Å². The topological polar surface area (TPSA) is 74.6 Å². The lowest BCUT2D eigenvalue weighted by atomic mass is 9.84. The Morgan fingerprint density at radius 1 is 0.512 bits per heavy atom. The third-order valence-corrected chi connectivity index (χ3v) is 9.84. The van der Waals surface area contributed by atoms with Crippen LogP contribution in [0.15, 0.2) is 0 Å². The second kappa shape index (κ2) is 32.2. The molecule has 0 aromatic carbocycles. The first-order valence-corrected chi connectivity index (χ1v) is 19.2. The van der Waals surface area contributed by atoms with Gasteiger partial charge in [0, 0.05) is 11.5 Å². The summed E-state index contributed by atoms with van der Waals surface area (Å²) in [5, 5.41) is 18.9. The molecule has 0 aliphatic heterocycles. The highest BCUT2D eigenvalue weighted by Crippen LogP contribution is 2.29. The van der Waals surface area contributed by atoms with Gasteiger partial charge in [0.1, 0.15) is 0 Å². The predicted molar refractivity (Wildman–Crippen MR) is 180 cm³/mol. The normalized spacial score (nSPS) is 12.9. The Labute approximate surface area is 260 Å². The van der Waals surface area contributed by atoms with Crippen molar-refractivity contribution in [3.63, 3.8) is 0 Å². The molecule has 0 saturated carbocycles. The molecule has 0 amide bonds. The van der Waals surface area contributed by atoms with Gasteiger partial charge in [-0.15, -0.1) is 0 Å². The van der Waals surface area contributed by atoms with Crippen molar-refractivity contribution in [2.45, 2.75) is 194 Å². The maximum atomic E-state index is 12.2. The van der Waals surface area contributed by atoms with E-state index in [1.54, 1.807) is 0 Å². The standard InChI is InChI=1S/C36H70O4S/c1-3-5-7-9-11-13-15-16-17-18-19-21-23-25-27-29-33(34(36(39)40)32-41-31-30-35(37)38)28-26-24-22-20-14-12-10-8-6-4-2/h33-34H,3-32H2,1-2H3,(H,37,38)(H,39,40). The molecule has 2 atom stereocenters. The van der Waals surface area contributed by atoms with Gasteiger partial charge in [0.2, 0.25) is 0 Å². The number of carbonyl (C=O) groups is 2. The number of carboxylic acid groups (broad SMARTS) is 2. The van der Waals surface area contributed by atoms with Crippen LogP contribution in [-0.4, -0.2) is 33.7 Å². The van der Waals surface area contributed by atoms with Crippen LogP contribution < -0.4 is 0 Å². The molecular weight excluding hydrogens is 528 g/mol. The van der Waals surface area contributed by atoms with Gasteiger partial charge < -0.3 is 10.2 Å². The van der Waals surface area contributed by atoms with Gasteiger partial charge in [-0.1, -0.05) is 174 Å². The summed E-state index contributed by atoms with van der Waals surface area (Å²) in [6.07, 6.45) is 35.4. The molecule has 0 heterocycles. The Morgan fingerprint density at radius 3 is 1.12 bits per heavy atom. The predicted octanol–water partition coefficient (Wildman–Crippen LogP) is 12.1. The SMILES string of the molecule is CCCCCCCCCCCCCCCCCC(CCCCCCCCCCCC)C(CSCCC(=O)O)C(=O)O. The largest absolute Gasteiger partial charge is 0.481 e. The molecule has 0 aliphatic rings.